The van der Waals surface area contributed by atoms with Crippen molar-refractivity contribution in [3.63, 3.8) is 0 Å². The van der Waals surface area contributed by atoms with E-state index in [4.69, 9.17) is 0 Å². The lowest BCUT2D eigenvalue weighted by Gasteiger charge is -2.52. The van der Waals surface area contributed by atoms with Crippen LogP contribution in [0.4, 0.5) is 0 Å². The van der Waals surface area contributed by atoms with Gasteiger partial charge in [-0.15, -0.1) is 0 Å². The Balaban J connectivity index is 3.17. The molecule has 0 spiro atoms. The van der Waals surface area contributed by atoms with E-state index < -0.39 is 17.0 Å². The zero-order valence-electron chi connectivity index (χ0n) is 11.7. The van der Waals surface area contributed by atoms with Crippen LogP contribution in [0.3, 0.4) is 0 Å². The molecule has 1 fully saturated rings. The van der Waals surface area contributed by atoms with Gasteiger partial charge in [0.2, 0.25) is 0 Å². The largest absolute Gasteiger partial charge is 0.481 e. The molecule has 0 aromatic carbocycles. The molecular formula is C14H26O3. The first-order chi connectivity index (χ1) is 7.53. The van der Waals surface area contributed by atoms with Gasteiger partial charge in [0.15, 0.2) is 0 Å². The van der Waals surface area contributed by atoms with E-state index in [0.717, 1.165) is 19.3 Å². The normalized spacial score (nSPS) is 31.3. The van der Waals surface area contributed by atoms with Gasteiger partial charge >= 0.3 is 5.97 Å². The number of hydrogen-bond donors (Lipinski definition) is 2. The van der Waals surface area contributed by atoms with Gasteiger partial charge in [0, 0.05) is 0 Å². The molecule has 2 N–H and O–H groups in total. The maximum absolute atomic E-state index is 11.4. The van der Waals surface area contributed by atoms with Gasteiger partial charge in [0.25, 0.3) is 0 Å². The van der Waals surface area contributed by atoms with E-state index in [1.165, 1.54) is 0 Å². The quantitative estimate of drug-likeness (QED) is 0.782. The Labute approximate surface area is 104 Å². The van der Waals surface area contributed by atoms with Gasteiger partial charge in [0.1, 0.15) is 0 Å². The number of carboxylic acids is 1. The topological polar surface area (TPSA) is 57.5 Å². The minimum Gasteiger partial charge on any atom is -0.481 e. The zero-order valence-corrected chi connectivity index (χ0v) is 11.7. The minimum absolute atomic E-state index is 0.0369. The van der Waals surface area contributed by atoms with Crippen LogP contribution in [0.5, 0.6) is 0 Å². The van der Waals surface area contributed by atoms with Gasteiger partial charge in [0.05, 0.1) is 11.0 Å². The highest BCUT2D eigenvalue weighted by molar-refractivity contribution is 5.75. The van der Waals surface area contributed by atoms with E-state index in [1.807, 2.05) is 0 Å². The smallest absolute Gasteiger partial charge is 0.312 e. The van der Waals surface area contributed by atoms with Gasteiger partial charge < -0.3 is 10.2 Å². The van der Waals surface area contributed by atoms with Crippen LogP contribution >= 0.6 is 0 Å². The fourth-order valence-electron chi connectivity index (χ4n) is 3.24. The molecule has 0 aromatic heterocycles. The summed E-state index contributed by atoms with van der Waals surface area (Å²) in [6.07, 6.45) is 3.50. The number of aliphatic hydroxyl groups is 1. The Morgan fingerprint density at radius 3 is 2.12 bits per heavy atom. The first kappa shape index (κ1) is 14.5. The van der Waals surface area contributed by atoms with Crippen LogP contribution in [0.15, 0.2) is 0 Å². The van der Waals surface area contributed by atoms with Crippen molar-refractivity contribution in [1.29, 1.82) is 0 Å². The van der Waals surface area contributed by atoms with Crippen molar-refractivity contribution in [3.05, 3.63) is 0 Å². The Bertz CT molecular complexity index is 301. The molecule has 100 valence electrons. The summed E-state index contributed by atoms with van der Waals surface area (Å²) in [6.45, 7) is 9.57. The first-order valence-electron chi connectivity index (χ1n) is 6.49. The van der Waals surface area contributed by atoms with Gasteiger partial charge in [-0.3, -0.25) is 4.79 Å². The molecule has 0 radical (unpaired) electrons. The zero-order chi connectivity index (χ0) is 13.5. The summed E-state index contributed by atoms with van der Waals surface area (Å²) >= 11 is 0. The average Bonchev–Trinajstić information content (AvgIpc) is 2.16. The summed E-state index contributed by atoms with van der Waals surface area (Å²) in [4.78, 5) is 11.4. The Hall–Kier alpha value is -0.570. The van der Waals surface area contributed by atoms with Crippen LogP contribution in [-0.2, 0) is 4.79 Å². The molecule has 1 saturated carbocycles. The van der Waals surface area contributed by atoms with Crippen LogP contribution < -0.4 is 0 Å². The molecule has 1 aliphatic rings. The van der Waals surface area contributed by atoms with Crippen LogP contribution in [-0.4, -0.2) is 21.8 Å². The minimum atomic E-state index is -1.10. The maximum Gasteiger partial charge on any atom is 0.312 e. The Kier molecular flexibility index (Phi) is 3.64. The Morgan fingerprint density at radius 1 is 1.18 bits per heavy atom. The van der Waals surface area contributed by atoms with Crippen molar-refractivity contribution in [2.45, 2.75) is 65.9 Å². The van der Waals surface area contributed by atoms with Crippen LogP contribution in [0.2, 0.25) is 0 Å². The second-order valence-electron chi connectivity index (χ2n) is 7.02. The van der Waals surface area contributed by atoms with Crippen LogP contribution in [0.25, 0.3) is 0 Å². The molecule has 1 aliphatic carbocycles. The average molecular weight is 242 g/mol. The number of aliphatic carboxylic acids is 1. The standard InChI is InChI=1S/C14H26O3/c1-12(2,3)10-8-6-7-9-14(10,17)13(4,5)11(15)16/h10,17H,6-9H2,1-5H3,(H,15,16). The molecule has 0 saturated heterocycles. The predicted octanol–water partition coefficient (Wildman–Crippen LogP) is 3.06. The lowest BCUT2D eigenvalue weighted by Crippen LogP contribution is -2.59. The molecule has 17 heavy (non-hydrogen) atoms. The summed E-state index contributed by atoms with van der Waals surface area (Å²) in [5.74, 6) is -0.869. The molecule has 0 amide bonds. The lowest BCUT2D eigenvalue weighted by atomic mass is 9.55. The SMILES string of the molecule is CC(C)(C)C1CCCCC1(O)C(C)(C)C(=O)O. The third-order valence-corrected chi connectivity index (χ3v) is 4.54. The first-order valence-corrected chi connectivity index (χ1v) is 6.49. The summed E-state index contributed by atoms with van der Waals surface area (Å²) < 4.78 is 0. The second-order valence-corrected chi connectivity index (χ2v) is 7.02. The lowest BCUT2D eigenvalue weighted by molar-refractivity contribution is -0.190. The summed E-state index contributed by atoms with van der Waals surface area (Å²) in [5, 5.41) is 20.4. The van der Waals surface area contributed by atoms with Gasteiger partial charge in [-0.1, -0.05) is 33.6 Å². The van der Waals surface area contributed by atoms with Gasteiger partial charge in [-0.2, -0.15) is 0 Å². The molecule has 0 aromatic rings. The highest BCUT2D eigenvalue weighted by Crippen LogP contribution is 2.52. The number of carboxylic acid groups (broad SMARTS) is 1. The molecule has 1 rings (SSSR count). The summed E-state index contributed by atoms with van der Waals surface area (Å²) in [7, 11) is 0. The van der Waals surface area contributed by atoms with E-state index in [1.54, 1.807) is 13.8 Å². The fraction of sp³-hybridized carbons (Fsp3) is 0.929. The highest BCUT2D eigenvalue weighted by Gasteiger charge is 2.57. The second kappa shape index (κ2) is 4.27. The number of rotatable bonds is 2. The van der Waals surface area contributed by atoms with E-state index in [0.29, 0.717) is 6.42 Å². The third-order valence-electron chi connectivity index (χ3n) is 4.54. The third kappa shape index (κ3) is 2.35. The van der Waals surface area contributed by atoms with Crippen molar-refractivity contribution in [1.82, 2.24) is 0 Å². The Morgan fingerprint density at radius 2 is 1.71 bits per heavy atom. The van der Waals surface area contributed by atoms with Crippen molar-refractivity contribution in [2.75, 3.05) is 0 Å². The van der Waals surface area contributed by atoms with Crippen molar-refractivity contribution < 1.29 is 15.0 Å². The monoisotopic (exact) mass is 242 g/mol. The van der Waals surface area contributed by atoms with E-state index in [-0.39, 0.29) is 11.3 Å². The highest BCUT2D eigenvalue weighted by atomic mass is 16.4. The van der Waals surface area contributed by atoms with Crippen LogP contribution in [0, 0.1) is 16.7 Å². The van der Waals surface area contributed by atoms with Crippen molar-refractivity contribution in [3.8, 4) is 0 Å². The number of hydrogen-bond acceptors (Lipinski definition) is 2. The van der Waals surface area contributed by atoms with Crippen LogP contribution in [0.1, 0.15) is 60.3 Å². The molecule has 3 heteroatoms. The van der Waals surface area contributed by atoms with Crippen molar-refractivity contribution in [2.24, 2.45) is 16.7 Å². The molecule has 0 aliphatic heterocycles. The molecule has 3 nitrogen and oxygen atoms in total. The molecular weight excluding hydrogens is 216 g/mol. The molecule has 0 bridgehead atoms. The molecule has 2 unspecified atom stereocenters. The molecule has 2 atom stereocenters. The fourth-order valence-corrected chi connectivity index (χ4v) is 3.24. The predicted molar refractivity (Wildman–Crippen MR) is 67.8 cm³/mol. The van der Waals surface area contributed by atoms with Gasteiger partial charge in [-0.25, -0.2) is 0 Å². The van der Waals surface area contributed by atoms with E-state index in [2.05, 4.69) is 20.8 Å². The maximum atomic E-state index is 11.4. The summed E-state index contributed by atoms with van der Waals surface area (Å²) in [6, 6.07) is 0. The van der Waals surface area contributed by atoms with E-state index in [9.17, 15) is 15.0 Å². The number of carbonyl (C=O) groups is 1. The van der Waals surface area contributed by atoms with Gasteiger partial charge in [-0.05, 0) is 38.0 Å². The van der Waals surface area contributed by atoms with Crippen molar-refractivity contribution >= 4 is 5.97 Å². The van der Waals surface area contributed by atoms with E-state index >= 15 is 0 Å². The summed E-state index contributed by atoms with van der Waals surface area (Å²) in [5.41, 5.74) is -2.26. The molecule has 0 heterocycles.